The molecular formula is C16H26N2O2S. The summed E-state index contributed by atoms with van der Waals surface area (Å²) in [5.41, 5.74) is 6.76. The molecule has 1 atom stereocenters. The molecular weight excluding hydrogens is 284 g/mol. The molecule has 0 saturated heterocycles. The number of nitrogens with two attached hydrogens (primary N) is 1. The van der Waals surface area contributed by atoms with Crippen molar-refractivity contribution in [2.24, 2.45) is 5.73 Å². The summed E-state index contributed by atoms with van der Waals surface area (Å²) in [6.07, 6.45) is 6.60. The highest BCUT2D eigenvalue weighted by Crippen LogP contribution is 2.26. The highest BCUT2D eigenvalue weighted by Gasteiger charge is 2.28. The lowest BCUT2D eigenvalue weighted by Gasteiger charge is -2.26. The fourth-order valence-corrected chi connectivity index (χ4v) is 4.34. The van der Waals surface area contributed by atoms with E-state index in [1.165, 1.54) is 12.8 Å². The van der Waals surface area contributed by atoms with Crippen molar-refractivity contribution in [1.29, 1.82) is 0 Å². The van der Waals surface area contributed by atoms with Gasteiger partial charge in [-0.05, 0) is 37.5 Å². The van der Waals surface area contributed by atoms with Crippen LogP contribution in [0.15, 0.2) is 29.2 Å². The van der Waals surface area contributed by atoms with Gasteiger partial charge in [-0.25, -0.2) is 8.42 Å². The average molecular weight is 310 g/mol. The molecule has 0 spiro atoms. The summed E-state index contributed by atoms with van der Waals surface area (Å²) in [6, 6.07) is 6.99. The van der Waals surface area contributed by atoms with E-state index < -0.39 is 10.0 Å². The van der Waals surface area contributed by atoms with E-state index in [0.717, 1.165) is 31.2 Å². The Hall–Kier alpha value is -0.910. The van der Waals surface area contributed by atoms with Crippen LogP contribution in [0, 0.1) is 0 Å². The van der Waals surface area contributed by atoms with Crippen molar-refractivity contribution in [3.8, 4) is 0 Å². The Morgan fingerprint density at radius 2 is 1.62 bits per heavy atom. The van der Waals surface area contributed by atoms with Gasteiger partial charge in [-0.1, -0.05) is 37.8 Å². The quantitative estimate of drug-likeness (QED) is 0.869. The van der Waals surface area contributed by atoms with Crippen molar-refractivity contribution >= 4 is 10.0 Å². The first-order valence-corrected chi connectivity index (χ1v) is 9.20. The molecule has 0 amide bonds. The van der Waals surface area contributed by atoms with Gasteiger partial charge in [-0.2, -0.15) is 4.31 Å². The van der Waals surface area contributed by atoms with E-state index in [9.17, 15) is 8.42 Å². The molecule has 1 aliphatic rings. The minimum absolute atomic E-state index is 0.0821. The molecule has 4 nitrogen and oxygen atoms in total. The van der Waals surface area contributed by atoms with E-state index in [-0.39, 0.29) is 12.1 Å². The largest absolute Gasteiger partial charge is 0.324 e. The van der Waals surface area contributed by atoms with Gasteiger partial charge in [0.15, 0.2) is 0 Å². The normalized spacial score (nSPS) is 19.4. The molecule has 1 aromatic carbocycles. The standard InChI is InChI=1S/C16H26N2O2S/c1-13(17)14-9-11-16(12-10-14)21(19,20)18(2)15-7-5-3-4-6-8-15/h9-13,15H,3-8,17H2,1-2H3. The van der Waals surface area contributed by atoms with E-state index in [0.29, 0.717) is 4.90 Å². The van der Waals surface area contributed by atoms with Gasteiger partial charge < -0.3 is 5.73 Å². The molecule has 1 unspecified atom stereocenters. The highest BCUT2D eigenvalue weighted by atomic mass is 32.2. The lowest BCUT2D eigenvalue weighted by molar-refractivity contribution is 0.335. The molecule has 5 heteroatoms. The second-order valence-corrected chi connectivity index (χ2v) is 8.02. The zero-order valence-corrected chi connectivity index (χ0v) is 13.8. The van der Waals surface area contributed by atoms with Crippen LogP contribution in [0.2, 0.25) is 0 Å². The van der Waals surface area contributed by atoms with Gasteiger partial charge >= 0.3 is 0 Å². The minimum atomic E-state index is -3.40. The van der Waals surface area contributed by atoms with Gasteiger partial charge in [-0.15, -0.1) is 0 Å². The third-order valence-corrected chi connectivity index (χ3v) is 6.35. The third kappa shape index (κ3) is 3.84. The molecule has 2 rings (SSSR count). The monoisotopic (exact) mass is 310 g/mol. The Morgan fingerprint density at radius 3 is 2.10 bits per heavy atom. The Morgan fingerprint density at radius 1 is 1.10 bits per heavy atom. The molecule has 0 radical (unpaired) electrons. The SMILES string of the molecule is CC(N)c1ccc(S(=O)(=O)N(C)C2CCCCCC2)cc1. The van der Waals surface area contributed by atoms with Crippen molar-refractivity contribution < 1.29 is 8.42 Å². The topological polar surface area (TPSA) is 63.4 Å². The molecule has 2 N–H and O–H groups in total. The zero-order chi connectivity index (χ0) is 15.5. The molecule has 0 bridgehead atoms. The van der Waals surface area contributed by atoms with Crippen LogP contribution in [-0.4, -0.2) is 25.8 Å². The van der Waals surface area contributed by atoms with E-state index in [1.807, 2.05) is 6.92 Å². The second-order valence-electron chi connectivity index (χ2n) is 6.02. The van der Waals surface area contributed by atoms with Gasteiger partial charge in [0.2, 0.25) is 10.0 Å². The maximum atomic E-state index is 12.7. The molecule has 118 valence electrons. The van der Waals surface area contributed by atoms with Crippen molar-refractivity contribution in [3.63, 3.8) is 0 Å². The molecule has 0 aromatic heterocycles. The Bertz CT molecular complexity index is 544. The Balaban J connectivity index is 2.19. The number of rotatable bonds is 4. The van der Waals surface area contributed by atoms with Crippen molar-refractivity contribution in [2.75, 3.05) is 7.05 Å². The van der Waals surface area contributed by atoms with E-state index in [1.54, 1.807) is 35.6 Å². The van der Waals surface area contributed by atoms with Crippen molar-refractivity contribution in [2.45, 2.75) is 62.4 Å². The van der Waals surface area contributed by atoms with Crippen LogP contribution < -0.4 is 5.73 Å². The summed E-state index contributed by atoms with van der Waals surface area (Å²) in [7, 11) is -1.69. The van der Waals surface area contributed by atoms with E-state index >= 15 is 0 Å². The molecule has 1 saturated carbocycles. The van der Waals surface area contributed by atoms with Crippen LogP contribution in [0.1, 0.15) is 57.1 Å². The number of hydrogen-bond acceptors (Lipinski definition) is 3. The second kappa shape index (κ2) is 6.90. The van der Waals surface area contributed by atoms with Crippen molar-refractivity contribution in [1.82, 2.24) is 4.31 Å². The zero-order valence-electron chi connectivity index (χ0n) is 13.0. The van der Waals surface area contributed by atoms with Gasteiger partial charge in [-0.3, -0.25) is 0 Å². The fraction of sp³-hybridized carbons (Fsp3) is 0.625. The van der Waals surface area contributed by atoms with Crippen LogP contribution in [0.25, 0.3) is 0 Å². The van der Waals surface area contributed by atoms with Crippen molar-refractivity contribution in [3.05, 3.63) is 29.8 Å². The van der Waals surface area contributed by atoms with Crippen LogP contribution in [0.5, 0.6) is 0 Å². The Kier molecular flexibility index (Phi) is 5.41. The lowest BCUT2D eigenvalue weighted by atomic mass is 10.1. The summed E-state index contributed by atoms with van der Waals surface area (Å²) >= 11 is 0. The van der Waals surface area contributed by atoms with Gasteiger partial charge in [0.25, 0.3) is 0 Å². The molecule has 0 heterocycles. The highest BCUT2D eigenvalue weighted by molar-refractivity contribution is 7.89. The predicted octanol–water partition coefficient (Wildman–Crippen LogP) is 3.05. The van der Waals surface area contributed by atoms with Crippen LogP contribution in [0.3, 0.4) is 0 Å². The first kappa shape index (κ1) is 16.5. The molecule has 1 fully saturated rings. The summed E-state index contributed by atoms with van der Waals surface area (Å²) < 4.78 is 27.0. The average Bonchev–Trinajstić information content (AvgIpc) is 2.75. The lowest BCUT2D eigenvalue weighted by Crippen LogP contribution is -2.36. The van der Waals surface area contributed by atoms with Crippen LogP contribution >= 0.6 is 0 Å². The summed E-state index contributed by atoms with van der Waals surface area (Å²) in [5, 5.41) is 0. The van der Waals surface area contributed by atoms with E-state index in [4.69, 9.17) is 5.73 Å². The predicted molar refractivity (Wildman–Crippen MR) is 85.5 cm³/mol. The molecule has 1 aromatic rings. The maximum Gasteiger partial charge on any atom is 0.243 e. The van der Waals surface area contributed by atoms with Gasteiger partial charge in [0, 0.05) is 19.1 Å². The number of sulfonamides is 1. The smallest absolute Gasteiger partial charge is 0.243 e. The maximum absolute atomic E-state index is 12.7. The fourth-order valence-electron chi connectivity index (χ4n) is 2.93. The molecule has 0 aliphatic heterocycles. The first-order valence-electron chi connectivity index (χ1n) is 7.76. The van der Waals surface area contributed by atoms with Gasteiger partial charge in [0.05, 0.1) is 4.90 Å². The summed E-state index contributed by atoms with van der Waals surface area (Å²) in [4.78, 5) is 0.360. The van der Waals surface area contributed by atoms with E-state index in [2.05, 4.69) is 0 Å². The summed E-state index contributed by atoms with van der Waals surface area (Å²) in [6.45, 7) is 1.89. The number of nitrogens with zero attached hydrogens (tertiary/aromatic N) is 1. The van der Waals surface area contributed by atoms with Crippen LogP contribution in [-0.2, 0) is 10.0 Å². The summed E-state index contributed by atoms with van der Waals surface area (Å²) in [5.74, 6) is 0. The number of hydrogen-bond donors (Lipinski definition) is 1. The van der Waals surface area contributed by atoms with Gasteiger partial charge in [0.1, 0.15) is 0 Å². The Labute approximate surface area is 128 Å². The minimum Gasteiger partial charge on any atom is -0.324 e. The third-order valence-electron chi connectivity index (χ3n) is 4.42. The van der Waals surface area contributed by atoms with Crippen LogP contribution in [0.4, 0.5) is 0 Å². The molecule has 1 aliphatic carbocycles. The first-order chi connectivity index (χ1) is 9.93. The number of benzene rings is 1. The molecule has 21 heavy (non-hydrogen) atoms.